The molecule has 2 fully saturated rings. The van der Waals surface area contributed by atoms with Crippen molar-refractivity contribution >= 4 is 17.7 Å². The van der Waals surface area contributed by atoms with Crippen LogP contribution in [-0.2, 0) is 11.3 Å². The van der Waals surface area contributed by atoms with Gasteiger partial charge in [-0.3, -0.25) is 9.78 Å². The lowest BCUT2D eigenvalue weighted by Gasteiger charge is -2.47. The second kappa shape index (κ2) is 7.25. The summed E-state index contributed by atoms with van der Waals surface area (Å²) in [7, 11) is 1.53. The Hall–Kier alpha value is -2.12. The first-order chi connectivity index (χ1) is 12.7. The van der Waals surface area contributed by atoms with Crippen molar-refractivity contribution in [3.05, 3.63) is 54.0 Å². The molecule has 0 aliphatic carbocycles. The van der Waals surface area contributed by atoms with Gasteiger partial charge in [0, 0.05) is 31.2 Å². The van der Waals surface area contributed by atoms with Gasteiger partial charge >= 0.3 is 0 Å². The zero-order valence-corrected chi connectivity index (χ0v) is 15.4. The minimum absolute atomic E-state index is 0.0148. The van der Waals surface area contributed by atoms with Crippen LogP contribution in [0.1, 0.15) is 22.5 Å². The standard InChI is InChI=1S/C19H21N3O3S/c1-24-17-16(6-4-8-21-17)18(23)22-12-19(13-22)9-15(11-26-19)25-10-14-5-2-3-7-20-14/h2-8,15H,9-13H2,1H3/t15-/m0/s1. The van der Waals surface area contributed by atoms with Crippen molar-refractivity contribution in [2.75, 3.05) is 26.0 Å². The summed E-state index contributed by atoms with van der Waals surface area (Å²) in [5.74, 6) is 1.33. The maximum absolute atomic E-state index is 12.7. The first-order valence-electron chi connectivity index (χ1n) is 8.63. The van der Waals surface area contributed by atoms with E-state index in [1.807, 2.05) is 34.9 Å². The molecule has 26 heavy (non-hydrogen) atoms. The molecule has 1 spiro atoms. The molecule has 0 aromatic carbocycles. The van der Waals surface area contributed by atoms with Gasteiger partial charge in [0.2, 0.25) is 5.88 Å². The highest BCUT2D eigenvalue weighted by Crippen LogP contribution is 2.46. The van der Waals surface area contributed by atoms with Crippen LogP contribution < -0.4 is 4.74 Å². The first kappa shape index (κ1) is 17.3. The molecular formula is C19H21N3O3S. The number of amides is 1. The van der Waals surface area contributed by atoms with E-state index in [1.165, 1.54) is 7.11 Å². The van der Waals surface area contributed by atoms with Crippen LogP contribution >= 0.6 is 11.8 Å². The van der Waals surface area contributed by atoms with E-state index in [2.05, 4.69) is 9.97 Å². The average molecular weight is 371 g/mol. The van der Waals surface area contributed by atoms with E-state index < -0.39 is 0 Å². The number of carbonyl (C=O) groups is 1. The largest absolute Gasteiger partial charge is 0.480 e. The molecule has 2 saturated heterocycles. The number of nitrogens with zero attached hydrogens (tertiary/aromatic N) is 3. The third-order valence-corrected chi connectivity index (χ3v) is 6.38. The Morgan fingerprint density at radius 3 is 2.88 bits per heavy atom. The fourth-order valence-corrected chi connectivity index (χ4v) is 5.05. The van der Waals surface area contributed by atoms with Gasteiger partial charge in [-0.15, -0.1) is 11.8 Å². The van der Waals surface area contributed by atoms with Crippen LogP contribution in [0.3, 0.4) is 0 Å². The number of hydrogen-bond donors (Lipinski definition) is 0. The number of likely N-dealkylation sites (tertiary alicyclic amines) is 1. The summed E-state index contributed by atoms with van der Waals surface area (Å²) >= 11 is 1.91. The predicted molar refractivity (Wildman–Crippen MR) is 99.3 cm³/mol. The predicted octanol–water partition coefficient (Wildman–Crippen LogP) is 2.40. The Labute approximate surface area is 156 Å². The molecule has 0 unspecified atom stereocenters. The van der Waals surface area contributed by atoms with Crippen LogP contribution in [0.2, 0.25) is 0 Å². The van der Waals surface area contributed by atoms with Crippen molar-refractivity contribution in [2.45, 2.75) is 23.9 Å². The van der Waals surface area contributed by atoms with Crippen molar-refractivity contribution < 1.29 is 14.3 Å². The zero-order valence-electron chi connectivity index (χ0n) is 14.6. The van der Waals surface area contributed by atoms with E-state index in [-0.39, 0.29) is 16.8 Å². The lowest BCUT2D eigenvalue weighted by atomic mass is 9.92. The molecule has 0 bridgehead atoms. The minimum atomic E-state index is -0.0148. The smallest absolute Gasteiger partial charge is 0.259 e. The highest BCUT2D eigenvalue weighted by atomic mass is 32.2. The molecule has 1 atom stereocenters. The fraction of sp³-hybridized carbons (Fsp3) is 0.421. The van der Waals surface area contributed by atoms with E-state index in [4.69, 9.17) is 9.47 Å². The maximum atomic E-state index is 12.7. The normalized spacial score (nSPS) is 20.8. The summed E-state index contributed by atoms with van der Waals surface area (Å²) in [6.07, 6.45) is 4.60. The summed E-state index contributed by atoms with van der Waals surface area (Å²) < 4.78 is 11.3. The van der Waals surface area contributed by atoms with E-state index in [9.17, 15) is 4.79 Å². The van der Waals surface area contributed by atoms with Crippen molar-refractivity contribution in [1.29, 1.82) is 0 Å². The summed E-state index contributed by atoms with van der Waals surface area (Å²) in [6, 6.07) is 9.37. The van der Waals surface area contributed by atoms with Gasteiger partial charge in [-0.25, -0.2) is 4.98 Å². The number of thioether (sulfide) groups is 1. The topological polar surface area (TPSA) is 64.5 Å². The molecule has 2 aromatic rings. The van der Waals surface area contributed by atoms with E-state index in [0.717, 1.165) is 31.0 Å². The molecule has 2 aliphatic heterocycles. The third-order valence-electron chi connectivity index (χ3n) is 4.81. The number of carbonyl (C=O) groups excluding carboxylic acids is 1. The van der Waals surface area contributed by atoms with Gasteiger partial charge in [0.25, 0.3) is 5.91 Å². The van der Waals surface area contributed by atoms with Crippen molar-refractivity contribution in [1.82, 2.24) is 14.9 Å². The van der Waals surface area contributed by atoms with Crippen LogP contribution in [0.25, 0.3) is 0 Å². The van der Waals surface area contributed by atoms with Gasteiger partial charge in [0.1, 0.15) is 5.56 Å². The molecule has 0 radical (unpaired) electrons. The quantitative estimate of drug-likeness (QED) is 0.804. The number of ether oxygens (including phenoxy) is 2. The van der Waals surface area contributed by atoms with Crippen LogP contribution in [0.4, 0.5) is 0 Å². The average Bonchev–Trinajstić information content (AvgIpc) is 3.10. The molecule has 2 aromatic heterocycles. The van der Waals surface area contributed by atoms with Gasteiger partial charge < -0.3 is 14.4 Å². The molecule has 6 nitrogen and oxygen atoms in total. The van der Waals surface area contributed by atoms with Gasteiger partial charge in [-0.1, -0.05) is 6.07 Å². The van der Waals surface area contributed by atoms with E-state index in [0.29, 0.717) is 18.1 Å². The van der Waals surface area contributed by atoms with Crippen LogP contribution in [0.15, 0.2) is 42.7 Å². The zero-order chi connectivity index (χ0) is 18.0. The molecule has 1 amide bonds. The molecule has 136 valence electrons. The van der Waals surface area contributed by atoms with E-state index >= 15 is 0 Å². The Morgan fingerprint density at radius 2 is 2.12 bits per heavy atom. The lowest BCUT2D eigenvalue weighted by molar-refractivity contribution is 0.0243. The monoisotopic (exact) mass is 371 g/mol. The SMILES string of the molecule is COc1ncccc1C(=O)N1CC2(C[C@H](OCc3ccccn3)CS2)C1. The van der Waals surface area contributed by atoms with Crippen LogP contribution in [-0.4, -0.2) is 57.6 Å². The number of hydrogen-bond acceptors (Lipinski definition) is 6. The fourth-order valence-electron chi connectivity index (χ4n) is 3.50. The second-order valence-electron chi connectivity index (χ2n) is 6.67. The summed E-state index contributed by atoms with van der Waals surface area (Å²) in [6.45, 7) is 2.04. The highest BCUT2D eigenvalue weighted by Gasteiger charge is 2.51. The maximum Gasteiger partial charge on any atom is 0.259 e. The Kier molecular flexibility index (Phi) is 4.82. The highest BCUT2D eigenvalue weighted by molar-refractivity contribution is 8.01. The van der Waals surface area contributed by atoms with Crippen LogP contribution in [0.5, 0.6) is 5.88 Å². The van der Waals surface area contributed by atoms with Gasteiger partial charge in [0.05, 0.1) is 30.3 Å². The van der Waals surface area contributed by atoms with Gasteiger partial charge in [-0.05, 0) is 30.7 Å². The number of aromatic nitrogens is 2. The molecule has 4 heterocycles. The molecule has 4 rings (SSSR count). The minimum Gasteiger partial charge on any atom is -0.480 e. The van der Waals surface area contributed by atoms with Gasteiger partial charge in [0.15, 0.2) is 0 Å². The number of methoxy groups -OCH3 is 1. The number of pyridine rings is 2. The Morgan fingerprint density at radius 1 is 1.27 bits per heavy atom. The molecule has 0 N–H and O–H groups in total. The lowest BCUT2D eigenvalue weighted by Crippen LogP contribution is -2.60. The molecule has 2 aliphatic rings. The second-order valence-corrected chi connectivity index (χ2v) is 8.16. The molecule has 0 saturated carbocycles. The number of rotatable bonds is 5. The third kappa shape index (κ3) is 3.41. The first-order valence-corrected chi connectivity index (χ1v) is 9.61. The Bertz CT molecular complexity index is 781. The van der Waals surface area contributed by atoms with Crippen molar-refractivity contribution in [3.8, 4) is 5.88 Å². The molecular weight excluding hydrogens is 350 g/mol. The van der Waals surface area contributed by atoms with Gasteiger partial charge in [-0.2, -0.15) is 0 Å². The van der Waals surface area contributed by atoms with Crippen molar-refractivity contribution in [2.24, 2.45) is 0 Å². The Balaban J connectivity index is 1.31. The summed E-state index contributed by atoms with van der Waals surface area (Å²) in [5.41, 5.74) is 1.48. The molecule has 7 heteroatoms. The van der Waals surface area contributed by atoms with E-state index in [1.54, 1.807) is 24.5 Å². The summed E-state index contributed by atoms with van der Waals surface area (Å²) in [5, 5.41) is 0. The van der Waals surface area contributed by atoms with Crippen molar-refractivity contribution in [3.63, 3.8) is 0 Å². The summed E-state index contributed by atoms with van der Waals surface area (Å²) in [4.78, 5) is 23.0. The van der Waals surface area contributed by atoms with Crippen LogP contribution in [0, 0.1) is 0 Å².